The van der Waals surface area contributed by atoms with Gasteiger partial charge in [-0.15, -0.1) is 0 Å². The van der Waals surface area contributed by atoms with Crippen molar-refractivity contribution >= 4 is 44.2 Å². The molecule has 0 aliphatic heterocycles. The van der Waals surface area contributed by atoms with Crippen LogP contribution >= 0.6 is 22.9 Å². The number of carbonyl (C=O) groups excluding carboxylic acids is 1. The molecule has 3 aromatic rings. The summed E-state index contributed by atoms with van der Waals surface area (Å²) >= 11 is 7.67. The van der Waals surface area contributed by atoms with Gasteiger partial charge in [0.25, 0.3) is 0 Å². The van der Waals surface area contributed by atoms with Crippen molar-refractivity contribution in [2.24, 2.45) is 0 Å². The molecule has 1 aromatic carbocycles. The number of fused-ring (bicyclic) bond motifs is 1. The van der Waals surface area contributed by atoms with Crippen LogP contribution in [0.25, 0.3) is 10.2 Å². The topological polar surface area (TPSA) is 46.1 Å². The minimum Gasteiger partial charge on any atom is -0.284 e. The Morgan fingerprint density at radius 3 is 2.76 bits per heavy atom. The van der Waals surface area contributed by atoms with Gasteiger partial charge in [-0.2, -0.15) is 0 Å². The lowest BCUT2D eigenvalue weighted by atomic mass is 10.2. The van der Waals surface area contributed by atoms with Crippen LogP contribution < -0.4 is 4.90 Å². The van der Waals surface area contributed by atoms with Gasteiger partial charge in [0, 0.05) is 23.8 Å². The molecule has 0 aliphatic rings. The first-order valence-corrected chi connectivity index (χ1v) is 9.54. The highest BCUT2D eigenvalue weighted by Gasteiger charge is 2.20. The van der Waals surface area contributed by atoms with E-state index in [1.54, 1.807) is 17.3 Å². The fraction of sp³-hybridized carbons (Fsp3) is 0.316. The quantitative estimate of drug-likeness (QED) is 0.583. The second kappa shape index (κ2) is 7.93. The minimum absolute atomic E-state index is 0.0986. The number of hydrogen-bond acceptors (Lipinski definition) is 4. The molecule has 0 bridgehead atoms. The van der Waals surface area contributed by atoms with Crippen LogP contribution in [0.2, 0.25) is 5.02 Å². The number of unbranched alkanes of at least 4 members (excludes halogenated alkanes) is 1. The van der Waals surface area contributed by atoms with E-state index < -0.39 is 0 Å². The Balaban J connectivity index is 1.98. The Morgan fingerprint density at radius 2 is 2.04 bits per heavy atom. The summed E-state index contributed by atoms with van der Waals surface area (Å²) < 4.78 is 1.00. The fourth-order valence-corrected chi connectivity index (χ4v) is 4.09. The number of pyridine rings is 1. The summed E-state index contributed by atoms with van der Waals surface area (Å²) in [7, 11) is 0. The molecule has 2 aromatic heterocycles. The van der Waals surface area contributed by atoms with Crippen LogP contribution in [0.4, 0.5) is 5.13 Å². The monoisotopic (exact) mass is 373 g/mol. The molecule has 0 spiro atoms. The molecule has 1 amide bonds. The summed E-state index contributed by atoms with van der Waals surface area (Å²) in [6.07, 6.45) is 5.88. The third-order valence-electron chi connectivity index (χ3n) is 4.01. The molecule has 0 aliphatic carbocycles. The molecular formula is C19H20ClN3OS. The van der Waals surface area contributed by atoms with E-state index in [1.165, 1.54) is 11.3 Å². The summed E-state index contributed by atoms with van der Waals surface area (Å²) in [4.78, 5) is 23.3. The summed E-state index contributed by atoms with van der Waals surface area (Å²) in [6.45, 7) is 4.57. The summed E-state index contributed by atoms with van der Waals surface area (Å²) in [6, 6.07) is 7.66. The van der Waals surface area contributed by atoms with Gasteiger partial charge in [0.15, 0.2) is 5.13 Å². The summed E-state index contributed by atoms with van der Waals surface area (Å²) in [5, 5.41) is 1.41. The maximum absolute atomic E-state index is 12.8. The van der Waals surface area contributed by atoms with Crippen molar-refractivity contribution in [1.29, 1.82) is 0 Å². The summed E-state index contributed by atoms with van der Waals surface area (Å²) in [5.74, 6) is 0.0986. The van der Waals surface area contributed by atoms with Gasteiger partial charge in [-0.3, -0.25) is 14.7 Å². The van der Waals surface area contributed by atoms with Crippen molar-refractivity contribution in [3.8, 4) is 0 Å². The molecule has 0 unspecified atom stereocenters. The van der Waals surface area contributed by atoms with Crippen LogP contribution in [0.1, 0.15) is 37.3 Å². The maximum atomic E-state index is 12.8. The summed E-state index contributed by atoms with van der Waals surface area (Å²) in [5.41, 5.74) is 2.97. The van der Waals surface area contributed by atoms with Gasteiger partial charge in [-0.1, -0.05) is 36.3 Å². The van der Waals surface area contributed by atoms with Crippen molar-refractivity contribution in [2.75, 3.05) is 4.90 Å². The van der Waals surface area contributed by atoms with Crippen LogP contribution in [0, 0.1) is 6.92 Å². The number of nitrogens with zero attached hydrogens (tertiary/aromatic N) is 3. The van der Waals surface area contributed by atoms with Crippen molar-refractivity contribution in [2.45, 2.75) is 39.7 Å². The fourth-order valence-electron chi connectivity index (χ4n) is 2.65. The molecule has 0 saturated carbocycles. The van der Waals surface area contributed by atoms with Gasteiger partial charge in [0.1, 0.15) is 0 Å². The second-order valence-corrected chi connectivity index (χ2v) is 7.45. The van der Waals surface area contributed by atoms with Gasteiger partial charge >= 0.3 is 0 Å². The minimum atomic E-state index is 0.0986. The Morgan fingerprint density at radius 1 is 1.28 bits per heavy atom. The van der Waals surface area contributed by atoms with E-state index in [-0.39, 0.29) is 5.91 Å². The largest absolute Gasteiger partial charge is 0.284 e. The van der Waals surface area contributed by atoms with E-state index in [9.17, 15) is 4.79 Å². The van der Waals surface area contributed by atoms with Gasteiger partial charge in [-0.25, -0.2) is 4.98 Å². The third-order valence-corrected chi connectivity index (χ3v) is 5.25. The first kappa shape index (κ1) is 17.8. The molecule has 4 nitrogen and oxygen atoms in total. The van der Waals surface area contributed by atoms with Crippen LogP contribution in [0.15, 0.2) is 36.7 Å². The van der Waals surface area contributed by atoms with E-state index in [2.05, 4.69) is 11.9 Å². The number of rotatable bonds is 6. The number of hydrogen-bond donors (Lipinski definition) is 0. The van der Waals surface area contributed by atoms with Gasteiger partial charge in [0.2, 0.25) is 5.91 Å². The number of amides is 1. The number of carbonyl (C=O) groups is 1. The lowest BCUT2D eigenvalue weighted by Crippen LogP contribution is -2.30. The van der Waals surface area contributed by atoms with Crippen molar-refractivity contribution in [3.63, 3.8) is 0 Å². The first-order chi connectivity index (χ1) is 12.1. The van der Waals surface area contributed by atoms with E-state index in [0.29, 0.717) is 18.0 Å². The van der Waals surface area contributed by atoms with Crippen molar-refractivity contribution in [3.05, 3.63) is 52.8 Å². The first-order valence-electron chi connectivity index (χ1n) is 8.34. The van der Waals surface area contributed by atoms with Crippen LogP contribution in [-0.2, 0) is 11.3 Å². The lowest BCUT2D eigenvalue weighted by Gasteiger charge is -2.20. The zero-order chi connectivity index (χ0) is 17.8. The van der Waals surface area contributed by atoms with Crippen LogP contribution in [0.5, 0.6) is 0 Å². The van der Waals surface area contributed by atoms with Gasteiger partial charge in [0.05, 0.1) is 16.8 Å². The van der Waals surface area contributed by atoms with Crippen molar-refractivity contribution in [1.82, 2.24) is 9.97 Å². The molecule has 130 valence electrons. The molecule has 0 atom stereocenters. The molecule has 25 heavy (non-hydrogen) atoms. The number of aromatic nitrogens is 2. The highest BCUT2D eigenvalue weighted by Crippen LogP contribution is 2.34. The number of anilines is 1. The third kappa shape index (κ3) is 4.17. The number of halogens is 1. The highest BCUT2D eigenvalue weighted by molar-refractivity contribution is 7.22. The smallest absolute Gasteiger partial charge is 0.229 e. The average molecular weight is 374 g/mol. The zero-order valence-electron chi connectivity index (χ0n) is 14.3. The predicted molar refractivity (Wildman–Crippen MR) is 104 cm³/mol. The second-order valence-electron chi connectivity index (χ2n) is 6.00. The normalized spacial score (nSPS) is 11.0. The van der Waals surface area contributed by atoms with E-state index in [1.807, 2.05) is 31.2 Å². The molecular weight excluding hydrogens is 354 g/mol. The Hall–Kier alpha value is -1.98. The standard InChI is InChI=1S/C19H20ClN3OS/c1-3-4-5-17(24)23(12-14-6-8-21-9-7-14)19-22-18-13(2)10-15(20)11-16(18)25-19/h6-11H,3-5,12H2,1-2H3. The van der Waals surface area contributed by atoms with Gasteiger partial charge < -0.3 is 0 Å². The lowest BCUT2D eigenvalue weighted by molar-refractivity contribution is -0.118. The highest BCUT2D eigenvalue weighted by atomic mass is 35.5. The van der Waals surface area contributed by atoms with Crippen LogP contribution in [0.3, 0.4) is 0 Å². The average Bonchev–Trinajstić information content (AvgIpc) is 3.02. The zero-order valence-corrected chi connectivity index (χ0v) is 15.9. The van der Waals surface area contributed by atoms with E-state index >= 15 is 0 Å². The number of aryl methyl sites for hydroxylation is 1. The molecule has 0 saturated heterocycles. The molecule has 2 heterocycles. The Bertz CT molecular complexity index is 879. The van der Waals surface area contributed by atoms with E-state index in [0.717, 1.165) is 39.3 Å². The Kier molecular flexibility index (Phi) is 5.66. The molecule has 6 heteroatoms. The maximum Gasteiger partial charge on any atom is 0.229 e. The number of thiazole rings is 1. The molecule has 3 rings (SSSR count). The van der Waals surface area contributed by atoms with Crippen LogP contribution in [-0.4, -0.2) is 15.9 Å². The van der Waals surface area contributed by atoms with Gasteiger partial charge in [-0.05, 0) is 48.7 Å². The molecule has 0 N–H and O–H groups in total. The Labute approximate surface area is 156 Å². The van der Waals surface area contributed by atoms with Crippen molar-refractivity contribution < 1.29 is 4.79 Å². The predicted octanol–water partition coefficient (Wildman–Crippen LogP) is 5.38. The molecule has 0 fully saturated rings. The molecule has 0 radical (unpaired) electrons. The SMILES string of the molecule is CCCCC(=O)N(Cc1ccncc1)c1nc2c(C)cc(Cl)cc2s1. The van der Waals surface area contributed by atoms with E-state index in [4.69, 9.17) is 16.6 Å². The number of benzene rings is 1.